The number of hydrogen-bond acceptors (Lipinski definition) is 2. The van der Waals surface area contributed by atoms with Crippen molar-refractivity contribution in [1.82, 2.24) is 0 Å². The highest BCUT2D eigenvalue weighted by Crippen LogP contribution is 2.49. The van der Waals surface area contributed by atoms with Crippen LogP contribution in [-0.2, 0) is 5.41 Å². The SMILES string of the molecule is CC(C)(C)c1cc2c3c(c1)N(C1(C)C=CC=CC1)c1cc(-c4ccccc4)ccc1B3c1ccc(-c3ccccc3)cc1N2c1ccccc1-c1ccccc1. The van der Waals surface area contributed by atoms with Crippen molar-refractivity contribution in [3.05, 3.63) is 194 Å². The van der Waals surface area contributed by atoms with Crippen molar-refractivity contribution in [1.29, 1.82) is 0 Å². The van der Waals surface area contributed by atoms with E-state index in [4.69, 9.17) is 0 Å². The maximum absolute atomic E-state index is 2.68. The molecule has 0 bridgehead atoms. The van der Waals surface area contributed by atoms with Crippen molar-refractivity contribution >= 4 is 51.5 Å². The molecule has 1 unspecified atom stereocenters. The number of allylic oxidation sites excluding steroid dienone is 2. The monoisotopic (exact) mass is 720 g/mol. The Morgan fingerprint density at radius 1 is 0.500 bits per heavy atom. The summed E-state index contributed by atoms with van der Waals surface area (Å²) in [5.74, 6) is 0. The molecule has 0 radical (unpaired) electrons. The number of benzene rings is 7. The van der Waals surface area contributed by atoms with E-state index in [9.17, 15) is 0 Å². The fourth-order valence-electron chi connectivity index (χ4n) is 9.27. The number of nitrogens with zero attached hydrogens (tertiary/aromatic N) is 2. The van der Waals surface area contributed by atoms with Gasteiger partial charge in [-0.15, -0.1) is 0 Å². The molecule has 2 aliphatic heterocycles. The minimum absolute atomic E-state index is 0.0387. The molecule has 0 fully saturated rings. The Hall–Kier alpha value is -6.32. The minimum atomic E-state index is -0.279. The molecule has 1 atom stereocenters. The van der Waals surface area contributed by atoms with Gasteiger partial charge in [0.2, 0.25) is 0 Å². The molecule has 0 amide bonds. The van der Waals surface area contributed by atoms with Gasteiger partial charge in [-0.2, -0.15) is 0 Å². The fourth-order valence-corrected chi connectivity index (χ4v) is 9.27. The zero-order chi connectivity index (χ0) is 38.0. The predicted molar refractivity (Wildman–Crippen MR) is 241 cm³/mol. The van der Waals surface area contributed by atoms with Gasteiger partial charge in [-0.05, 0) is 98.9 Å². The Bertz CT molecular complexity index is 2670. The lowest BCUT2D eigenvalue weighted by molar-refractivity contribution is 0.566. The van der Waals surface area contributed by atoms with Gasteiger partial charge in [-0.25, -0.2) is 0 Å². The Balaban J connectivity index is 1.33. The van der Waals surface area contributed by atoms with Gasteiger partial charge in [0.05, 0.1) is 11.2 Å². The molecule has 1 aliphatic carbocycles. The van der Waals surface area contributed by atoms with Crippen LogP contribution in [0.2, 0.25) is 0 Å². The molecule has 270 valence electrons. The lowest BCUT2D eigenvalue weighted by Gasteiger charge is -2.50. The zero-order valence-electron chi connectivity index (χ0n) is 32.6. The average molecular weight is 721 g/mol. The fraction of sp³-hybridized carbons (Fsp3) is 0.132. The van der Waals surface area contributed by atoms with Crippen LogP contribution in [-0.4, -0.2) is 12.3 Å². The molecule has 3 aliphatic rings. The molecular weight excluding hydrogens is 675 g/mol. The Morgan fingerprint density at radius 2 is 1.05 bits per heavy atom. The number of rotatable bonds is 5. The first-order valence-electron chi connectivity index (χ1n) is 19.9. The molecule has 2 heterocycles. The van der Waals surface area contributed by atoms with Crippen LogP contribution in [0.15, 0.2) is 188 Å². The predicted octanol–water partition coefficient (Wildman–Crippen LogP) is 12.0. The molecule has 0 saturated heterocycles. The molecule has 7 aromatic carbocycles. The van der Waals surface area contributed by atoms with Crippen LogP contribution >= 0.6 is 0 Å². The quantitative estimate of drug-likeness (QED) is 0.163. The second-order valence-corrected chi connectivity index (χ2v) is 16.8. The van der Waals surface area contributed by atoms with Crippen LogP contribution < -0.4 is 26.2 Å². The van der Waals surface area contributed by atoms with Crippen LogP contribution in [0.25, 0.3) is 33.4 Å². The van der Waals surface area contributed by atoms with E-state index < -0.39 is 0 Å². The van der Waals surface area contributed by atoms with E-state index in [2.05, 4.69) is 226 Å². The van der Waals surface area contributed by atoms with Crippen molar-refractivity contribution in [2.75, 3.05) is 9.80 Å². The molecule has 2 nitrogen and oxygen atoms in total. The van der Waals surface area contributed by atoms with Crippen LogP contribution in [0.4, 0.5) is 28.4 Å². The van der Waals surface area contributed by atoms with Crippen molar-refractivity contribution in [2.24, 2.45) is 0 Å². The van der Waals surface area contributed by atoms with Crippen molar-refractivity contribution in [2.45, 2.75) is 45.1 Å². The molecule has 0 saturated carbocycles. The summed E-state index contributed by atoms with van der Waals surface area (Å²) in [5.41, 5.74) is 18.5. The van der Waals surface area contributed by atoms with Gasteiger partial charge in [-0.1, -0.05) is 179 Å². The van der Waals surface area contributed by atoms with Crippen molar-refractivity contribution in [3.8, 4) is 33.4 Å². The molecule has 3 heteroatoms. The van der Waals surface area contributed by atoms with Gasteiger partial charge in [0, 0.05) is 28.3 Å². The average Bonchev–Trinajstić information content (AvgIpc) is 3.24. The molecular formula is C53H45BN2. The van der Waals surface area contributed by atoms with Gasteiger partial charge in [0.25, 0.3) is 6.71 Å². The van der Waals surface area contributed by atoms with Gasteiger partial charge < -0.3 is 9.80 Å². The summed E-state index contributed by atoms with van der Waals surface area (Å²) >= 11 is 0. The van der Waals surface area contributed by atoms with E-state index in [-0.39, 0.29) is 17.7 Å². The van der Waals surface area contributed by atoms with Crippen LogP contribution in [0.3, 0.4) is 0 Å². The number of para-hydroxylation sites is 1. The highest BCUT2D eigenvalue weighted by atomic mass is 15.2. The summed E-state index contributed by atoms with van der Waals surface area (Å²) in [4.78, 5) is 5.28. The highest BCUT2D eigenvalue weighted by Gasteiger charge is 2.47. The number of fused-ring (bicyclic) bond motifs is 4. The van der Waals surface area contributed by atoms with Crippen LogP contribution in [0, 0.1) is 0 Å². The summed E-state index contributed by atoms with van der Waals surface area (Å²) in [7, 11) is 0. The first-order chi connectivity index (χ1) is 27.3. The van der Waals surface area contributed by atoms with Crippen LogP contribution in [0.5, 0.6) is 0 Å². The molecule has 7 aromatic rings. The van der Waals surface area contributed by atoms with E-state index in [1.54, 1.807) is 0 Å². The zero-order valence-corrected chi connectivity index (χ0v) is 32.6. The standard InChI is InChI=1S/C53H45BN2/c1-52(2,3)42-35-49-51-50(36-42)56(53(4)31-17-8-18-32-53)48-34-41(38-21-11-6-12-22-38)28-30-45(48)54(51)44-29-27-40(37-19-9-5-10-20-37)33-47(44)55(49)46-26-16-15-25-43(46)39-23-13-7-14-24-39/h5-31,33-36H,32H2,1-4H3. The van der Waals surface area contributed by atoms with E-state index in [0.717, 1.165) is 6.42 Å². The van der Waals surface area contributed by atoms with E-state index in [0.29, 0.717) is 0 Å². The molecule has 56 heavy (non-hydrogen) atoms. The van der Waals surface area contributed by atoms with Gasteiger partial charge in [0.15, 0.2) is 0 Å². The number of anilines is 5. The van der Waals surface area contributed by atoms with E-state index in [1.807, 2.05) is 0 Å². The Labute approximate surface area is 332 Å². The lowest BCUT2D eigenvalue weighted by Crippen LogP contribution is -2.64. The summed E-state index contributed by atoms with van der Waals surface area (Å²) in [6.07, 6.45) is 10.1. The van der Waals surface area contributed by atoms with Gasteiger partial charge in [-0.3, -0.25) is 0 Å². The topological polar surface area (TPSA) is 6.48 Å². The maximum atomic E-state index is 2.68. The third-order valence-corrected chi connectivity index (χ3v) is 12.1. The third-order valence-electron chi connectivity index (χ3n) is 12.1. The summed E-state index contributed by atoms with van der Waals surface area (Å²) in [6.45, 7) is 9.51. The molecule has 10 rings (SSSR count). The van der Waals surface area contributed by atoms with Crippen LogP contribution in [0.1, 0.15) is 39.7 Å². The minimum Gasteiger partial charge on any atom is -0.333 e. The first-order valence-corrected chi connectivity index (χ1v) is 19.9. The molecule has 0 N–H and O–H groups in total. The normalized spacial score (nSPS) is 16.7. The summed E-state index contributed by atoms with van der Waals surface area (Å²) in [5, 5.41) is 0. The second-order valence-electron chi connectivity index (χ2n) is 16.8. The molecule has 0 aromatic heterocycles. The van der Waals surface area contributed by atoms with Crippen molar-refractivity contribution in [3.63, 3.8) is 0 Å². The summed E-state index contributed by atoms with van der Waals surface area (Å²) in [6, 6.07) is 61.0. The van der Waals surface area contributed by atoms with E-state index in [1.165, 1.54) is 83.8 Å². The van der Waals surface area contributed by atoms with Gasteiger partial charge >= 0.3 is 0 Å². The highest BCUT2D eigenvalue weighted by molar-refractivity contribution is 7.00. The maximum Gasteiger partial charge on any atom is 0.252 e. The van der Waals surface area contributed by atoms with Crippen molar-refractivity contribution < 1.29 is 0 Å². The lowest BCUT2D eigenvalue weighted by atomic mass is 9.33. The summed E-state index contributed by atoms with van der Waals surface area (Å²) < 4.78 is 0. The van der Waals surface area contributed by atoms with Gasteiger partial charge in [0.1, 0.15) is 0 Å². The second kappa shape index (κ2) is 13.2. The largest absolute Gasteiger partial charge is 0.333 e. The smallest absolute Gasteiger partial charge is 0.252 e. The van der Waals surface area contributed by atoms with E-state index >= 15 is 0 Å². The third kappa shape index (κ3) is 5.56. The number of hydrogen-bond donors (Lipinski definition) is 0. The Morgan fingerprint density at radius 3 is 1.66 bits per heavy atom. The first kappa shape index (κ1) is 34.2. The molecule has 0 spiro atoms. The Kier molecular flexibility index (Phi) is 8.04.